The van der Waals surface area contributed by atoms with Gasteiger partial charge >= 0.3 is 6.01 Å². The Hall–Kier alpha value is -2.41. The molecule has 1 aromatic heterocycles. The van der Waals surface area contributed by atoms with Crippen LogP contribution in [0.3, 0.4) is 0 Å². The summed E-state index contributed by atoms with van der Waals surface area (Å²) < 4.78 is 5.73. The molecule has 1 saturated carbocycles. The molecule has 2 N–H and O–H groups in total. The molecule has 7 heteroatoms. The van der Waals surface area contributed by atoms with Crippen LogP contribution in [0.15, 0.2) is 28.7 Å². The van der Waals surface area contributed by atoms with Crippen LogP contribution in [0.1, 0.15) is 57.8 Å². The first kappa shape index (κ1) is 20.8. The monoisotopic (exact) mass is 411 g/mol. The number of aromatic nitrogens is 2. The van der Waals surface area contributed by atoms with Gasteiger partial charge in [-0.3, -0.25) is 4.79 Å². The molecule has 2 heterocycles. The molecule has 0 spiro atoms. The zero-order valence-corrected chi connectivity index (χ0v) is 17.7. The van der Waals surface area contributed by atoms with Crippen molar-refractivity contribution in [1.29, 1.82) is 0 Å². The molecule has 4 rings (SSSR count). The van der Waals surface area contributed by atoms with Crippen LogP contribution >= 0.6 is 0 Å². The highest BCUT2D eigenvalue weighted by molar-refractivity contribution is 5.92. The smallest absolute Gasteiger partial charge is 0.315 e. The minimum Gasteiger partial charge on any atom is -0.403 e. The summed E-state index contributed by atoms with van der Waals surface area (Å²) in [5.41, 5.74) is 1.66. The Kier molecular flexibility index (Phi) is 7.34. The van der Waals surface area contributed by atoms with E-state index < -0.39 is 0 Å². The minimum absolute atomic E-state index is 0.136. The van der Waals surface area contributed by atoms with Crippen LogP contribution in [0, 0.1) is 5.92 Å². The molecule has 0 unspecified atom stereocenters. The Morgan fingerprint density at radius 1 is 1.00 bits per heavy atom. The highest BCUT2D eigenvalue weighted by Gasteiger charge is 2.21. The zero-order valence-electron chi connectivity index (χ0n) is 17.7. The fourth-order valence-electron chi connectivity index (χ4n) is 4.38. The van der Waals surface area contributed by atoms with Crippen LogP contribution in [0.5, 0.6) is 0 Å². The van der Waals surface area contributed by atoms with Crippen molar-refractivity contribution in [2.24, 2.45) is 5.92 Å². The predicted octanol–water partition coefficient (Wildman–Crippen LogP) is 4.54. The van der Waals surface area contributed by atoms with Crippen LogP contribution in [-0.2, 0) is 4.79 Å². The van der Waals surface area contributed by atoms with Gasteiger partial charge in [-0.25, -0.2) is 0 Å². The Morgan fingerprint density at radius 3 is 2.53 bits per heavy atom. The number of nitrogens with zero attached hydrogens (tertiary/aromatic N) is 3. The van der Waals surface area contributed by atoms with Crippen LogP contribution in [0.25, 0.3) is 11.5 Å². The molecular formula is C23H33N5O2. The van der Waals surface area contributed by atoms with Gasteiger partial charge < -0.3 is 20.0 Å². The molecular weight excluding hydrogens is 378 g/mol. The van der Waals surface area contributed by atoms with Crippen LogP contribution < -0.4 is 10.6 Å². The van der Waals surface area contributed by atoms with E-state index in [1.54, 1.807) is 0 Å². The zero-order chi connectivity index (χ0) is 20.6. The van der Waals surface area contributed by atoms with Gasteiger partial charge in [0.1, 0.15) is 0 Å². The SMILES string of the molecule is O=C(Nc1ccc(-c2nnc(NCCCCN3CCCC3)o2)cc1)C1CCCCC1. The van der Waals surface area contributed by atoms with Gasteiger partial charge in [0, 0.05) is 23.7 Å². The third-order valence-electron chi connectivity index (χ3n) is 6.18. The Balaban J connectivity index is 1.21. The third kappa shape index (κ3) is 5.81. The molecule has 0 radical (unpaired) electrons. The molecule has 2 aliphatic rings. The van der Waals surface area contributed by atoms with Gasteiger partial charge in [0.15, 0.2) is 0 Å². The molecule has 162 valence electrons. The second-order valence-electron chi connectivity index (χ2n) is 8.50. The molecule has 1 aliphatic heterocycles. The molecule has 1 aliphatic carbocycles. The van der Waals surface area contributed by atoms with Gasteiger partial charge in [-0.15, -0.1) is 5.10 Å². The largest absolute Gasteiger partial charge is 0.403 e. The fourth-order valence-corrected chi connectivity index (χ4v) is 4.38. The number of rotatable bonds is 9. The maximum Gasteiger partial charge on any atom is 0.315 e. The van der Waals surface area contributed by atoms with Gasteiger partial charge in [-0.05, 0) is 82.4 Å². The van der Waals surface area contributed by atoms with E-state index in [1.165, 1.54) is 45.3 Å². The fraction of sp³-hybridized carbons (Fsp3) is 0.609. The van der Waals surface area contributed by atoms with Gasteiger partial charge in [0.25, 0.3) is 0 Å². The van der Waals surface area contributed by atoms with E-state index in [9.17, 15) is 4.79 Å². The van der Waals surface area contributed by atoms with Crippen molar-refractivity contribution in [3.05, 3.63) is 24.3 Å². The Labute approximate surface area is 178 Å². The van der Waals surface area contributed by atoms with Crippen molar-refractivity contribution in [3.63, 3.8) is 0 Å². The molecule has 7 nitrogen and oxygen atoms in total. The van der Waals surface area contributed by atoms with E-state index in [-0.39, 0.29) is 11.8 Å². The first-order chi connectivity index (χ1) is 14.8. The summed E-state index contributed by atoms with van der Waals surface area (Å²) in [6, 6.07) is 8.06. The second kappa shape index (κ2) is 10.6. The average Bonchev–Trinajstić information content (AvgIpc) is 3.47. The van der Waals surface area contributed by atoms with Crippen LogP contribution in [0.2, 0.25) is 0 Å². The molecule has 0 bridgehead atoms. The van der Waals surface area contributed by atoms with E-state index in [4.69, 9.17) is 4.42 Å². The number of hydrogen-bond acceptors (Lipinski definition) is 6. The molecule has 2 aromatic rings. The number of carbonyl (C=O) groups is 1. The van der Waals surface area contributed by atoms with Crippen molar-refractivity contribution in [2.75, 3.05) is 36.8 Å². The normalized spacial score (nSPS) is 17.9. The number of benzene rings is 1. The summed E-state index contributed by atoms with van der Waals surface area (Å²) in [5.74, 6) is 0.773. The van der Waals surface area contributed by atoms with Gasteiger partial charge in [0.2, 0.25) is 11.8 Å². The summed E-state index contributed by atoms with van der Waals surface area (Å²) in [6.07, 6.45) is 10.5. The number of unbranched alkanes of at least 4 members (excludes halogenated alkanes) is 1. The van der Waals surface area contributed by atoms with Crippen molar-refractivity contribution in [3.8, 4) is 11.5 Å². The van der Waals surface area contributed by atoms with Crippen molar-refractivity contribution in [1.82, 2.24) is 15.1 Å². The standard InChI is InChI=1S/C23H33N5O2/c29-21(18-8-2-1-3-9-18)25-20-12-10-19(11-13-20)22-26-27-23(30-22)24-14-4-5-15-28-16-6-7-17-28/h10-13,18H,1-9,14-17H2,(H,24,27)(H,25,29). The lowest BCUT2D eigenvalue weighted by atomic mass is 9.88. The number of hydrogen-bond donors (Lipinski definition) is 2. The number of likely N-dealkylation sites (tertiary alicyclic amines) is 1. The van der Waals surface area contributed by atoms with Crippen molar-refractivity contribution in [2.45, 2.75) is 57.8 Å². The van der Waals surface area contributed by atoms with E-state index in [0.29, 0.717) is 11.9 Å². The van der Waals surface area contributed by atoms with E-state index in [2.05, 4.69) is 25.7 Å². The molecule has 0 atom stereocenters. The third-order valence-corrected chi connectivity index (χ3v) is 6.18. The topological polar surface area (TPSA) is 83.3 Å². The van der Waals surface area contributed by atoms with E-state index in [1.807, 2.05) is 24.3 Å². The van der Waals surface area contributed by atoms with Gasteiger partial charge in [0.05, 0.1) is 0 Å². The summed E-state index contributed by atoms with van der Waals surface area (Å²) in [4.78, 5) is 14.9. The van der Waals surface area contributed by atoms with Gasteiger partial charge in [-0.2, -0.15) is 0 Å². The molecule has 1 aromatic carbocycles. The summed E-state index contributed by atoms with van der Waals surface area (Å²) in [5, 5.41) is 14.5. The first-order valence-electron chi connectivity index (χ1n) is 11.5. The number of nitrogens with one attached hydrogen (secondary N) is 2. The highest BCUT2D eigenvalue weighted by atomic mass is 16.4. The second-order valence-corrected chi connectivity index (χ2v) is 8.50. The first-order valence-corrected chi connectivity index (χ1v) is 11.5. The molecule has 2 fully saturated rings. The highest BCUT2D eigenvalue weighted by Crippen LogP contribution is 2.26. The number of amides is 1. The predicted molar refractivity (Wildman–Crippen MR) is 118 cm³/mol. The summed E-state index contributed by atoms with van der Waals surface area (Å²) in [7, 11) is 0. The minimum atomic E-state index is 0.136. The molecule has 30 heavy (non-hydrogen) atoms. The number of carbonyl (C=O) groups excluding carboxylic acids is 1. The van der Waals surface area contributed by atoms with Crippen LogP contribution in [0.4, 0.5) is 11.7 Å². The van der Waals surface area contributed by atoms with E-state index >= 15 is 0 Å². The summed E-state index contributed by atoms with van der Waals surface area (Å²) in [6.45, 7) is 4.52. The van der Waals surface area contributed by atoms with E-state index in [0.717, 1.165) is 49.9 Å². The van der Waals surface area contributed by atoms with Crippen molar-refractivity contribution >= 4 is 17.6 Å². The summed E-state index contributed by atoms with van der Waals surface area (Å²) >= 11 is 0. The lowest BCUT2D eigenvalue weighted by Crippen LogP contribution is -2.24. The van der Waals surface area contributed by atoms with Gasteiger partial charge in [-0.1, -0.05) is 24.4 Å². The maximum atomic E-state index is 12.4. The van der Waals surface area contributed by atoms with Crippen LogP contribution in [-0.4, -0.2) is 47.2 Å². The Bertz CT molecular complexity index is 792. The van der Waals surface area contributed by atoms with Crippen molar-refractivity contribution < 1.29 is 9.21 Å². The lowest BCUT2D eigenvalue weighted by molar-refractivity contribution is -0.120. The quantitative estimate of drug-likeness (QED) is 0.589. The maximum absolute atomic E-state index is 12.4. The average molecular weight is 412 g/mol. The lowest BCUT2D eigenvalue weighted by Gasteiger charge is -2.20. The Morgan fingerprint density at radius 2 is 1.77 bits per heavy atom. The molecule has 1 amide bonds. The number of anilines is 2. The molecule has 1 saturated heterocycles.